The standard InChI is InChI=1S/C21H19F2N3O3/c22-16-7-4-8-17(23)18(16)25-21(29)24-12-9-10-14-15(11-12)20(28)26(19(14)27)13-5-2-1-3-6-13/h4,7-11,13H,1-3,5-6H2,(H2,24,25,29). The number of imide groups is 1. The maximum Gasteiger partial charge on any atom is 0.323 e. The van der Waals surface area contributed by atoms with Crippen molar-refractivity contribution in [1.82, 2.24) is 4.90 Å². The smallest absolute Gasteiger partial charge is 0.308 e. The van der Waals surface area contributed by atoms with Crippen molar-refractivity contribution in [3.8, 4) is 0 Å². The Bertz CT molecular complexity index is 982. The summed E-state index contributed by atoms with van der Waals surface area (Å²) in [6, 6.07) is 6.65. The van der Waals surface area contributed by atoms with E-state index in [2.05, 4.69) is 10.6 Å². The molecule has 0 spiro atoms. The van der Waals surface area contributed by atoms with Crippen LogP contribution < -0.4 is 10.6 Å². The van der Waals surface area contributed by atoms with Gasteiger partial charge in [0.2, 0.25) is 0 Å². The molecule has 1 saturated carbocycles. The number of carbonyl (C=O) groups is 3. The van der Waals surface area contributed by atoms with Crippen LogP contribution in [0.4, 0.5) is 25.0 Å². The molecule has 0 bridgehead atoms. The van der Waals surface area contributed by atoms with Gasteiger partial charge in [0.1, 0.15) is 17.3 Å². The van der Waals surface area contributed by atoms with Crippen LogP contribution in [0.5, 0.6) is 0 Å². The van der Waals surface area contributed by atoms with E-state index in [4.69, 9.17) is 0 Å². The SMILES string of the molecule is O=C(Nc1ccc2c(c1)C(=O)N(C1CCCCC1)C2=O)Nc1c(F)cccc1F. The lowest BCUT2D eigenvalue weighted by atomic mass is 9.94. The number of nitrogens with one attached hydrogen (secondary N) is 2. The summed E-state index contributed by atoms with van der Waals surface area (Å²) in [6.07, 6.45) is 4.67. The number of urea groups is 1. The first-order chi connectivity index (χ1) is 14.0. The summed E-state index contributed by atoms with van der Waals surface area (Å²) in [4.78, 5) is 38.9. The van der Waals surface area contributed by atoms with Crippen molar-refractivity contribution >= 4 is 29.2 Å². The Morgan fingerprint density at radius 2 is 1.55 bits per heavy atom. The van der Waals surface area contributed by atoms with E-state index in [1.165, 1.54) is 29.2 Å². The molecule has 0 saturated heterocycles. The first kappa shape index (κ1) is 19.0. The van der Waals surface area contributed by atoms with Gasteiger partial charge >= 0.3 is 6.03 Å². The van der Waals surface area contributed by atoms with E-state index in [1.54, 1.807) is 0 Å². The monoisotopic (exact) mass is 399 g/mol. The molecule has 2 aromatic rings. The third-order valence-electron chi connectivity index (χ3n) is 5.32. The third kappa shape index (κ3) is 3.57. The normalized spacial score (nSPS) is 16.7. The molecule has 2 aromatic carbocycles. The van der Waals surface area contributed by atoms with E-state index >= 15 is 0 Å². The van der Waals surface area contributed by atoms with Gasteiger partial charge in [0.25, 0.3) is 11.8 Å². The topological polar surface area (TPSA) is 78.5 Å². The van der Waals surface area contributed by atoms with Crippen LogP contribution in [0.1, 0.15) is 52.8 Å². The van der Waals surface area contributed by atoms with E-state index in [0.717, 1.165) is 44.2 Å². The number of para-hydroxylation sites is 1. The Morgan fingerprint density at radius 1 is 0.897 bits per heavy atom. The van der Waals surface area contributed by atoms with Gasteiger partial charge in [0, 0.05) is 11.7 Å². The molecule has 1 aliphatic heterocycles. The van der Waals surface area contributed by atoms with Crippen molar-refractivity contribution in [1.29, 1.82) is 0 Å². The Labute approximate surface area is 165 Å². The second-order valence-electron chi connectivity index (χ2n) is 7.21. The maximum atomic E-state index is 13.7. The van der Waals surface area contributed by atoms with E-state index in [0.29, 0.717) is 5.56 Å². The van der Waals surface area contributed by atoms with Crippen LogP contribution in [0.3, 0.4) is 0 Å². The fraction of sp³-hybridized carbons (Fsp3) is 0.286. The van der Waals surface area contributed by atoms with Gasteiger partial charge in [-0.3, -0.25) is 14.5 Å². The summed E-state index contributed by atoms with van der Waals surface area (Å²) < 4.78 is 27.3. The molecule has 0 radical (unpaired) electrons. The number of amides is 4. The molecule has 0 aromatic heterocycles. The first-order valence-corrected chi connectivity index (χ1v) is 9.49. The zero-order valence-electron chi connectivity index (χ0n) is 15.5. The van der Waals surface area contributed by atoms with E-state index < -0.39 is 23.4 Å². The minimum Gasteiger partial charge on any atom is -0.308 e. The number of anilines is 2. The minimum atomic E-state index is -0.905. The molecular weight excluding hydrogens is 380 g/mol. The van der Waals surface area contributed by atoms with E-state index in [1.807, 2.05) is 0 Å². The molecule has 1 fully saturated rings. The number of nitrogens with zero attached hydrogens (tertiary/aromatic N) is 1. The number of carbonyl (C=O) groups excluding carboxylic acids is 3. The molecule has 2 aliphatic rings. The number of hydrogen-bond donors (Lipinski definition) is 2. The lowest BCUT2D eigenvalue weighted by Gasteiger charge is -2.29. The zero-order valence-corrected chi connectivity index (χ0v) is 15.5. The molecular formula is C21H19F2N3O3. The molecule has 1 heterocycles. The largest absolute Gasteiger partial charge is 0.323 e. The molecule has 4 rings (SSSR count). The van der Waals surface area contributed by atoms with Crippen LogP contribution in [-0.2, 0) is 0 Å². The lowest BCUT2D eigenvalue weighted by Crippen LogP contribution is -2.40. The van der Waals surface area contributed by atoms with Crippen LogP contribution >= 0.6 is 0 Å². The lowest BCUT2D eigenvalue weighted by molar-refractivity contribution is 0.0549. The van der Waals surface area contributed by atoms with Gasteiger partial charge in [-0.2, -0.15) is 0 Å². The van der Waals surface area contributed by atoms with Crippen molar-refractivity contribution in [2.24, 2.45) is 0 Å². The van der Waals surface area contributed by atoms with Crippen molar-refractivity contribution in [3.63, 3.8) is 0 Å². The summed E-state index contributed by atoms with van der Waals surface area (Å²) in [6.45, 7) is 0. The Hall–Kier alpha value is -3.29. The van der Waals surface area contributed by atoms with Gasteiger partial charge in [0.15, 0.2) is 0 Å². The summed E-state index contributed by atoms with van der Waals surface area (Å²) in [5.74, 6) is -2.50. The van der Waals surface area contributed by atoms with Crippen molar-refractivity contribution in [3.05, 3.63) is 59.2 Å². The van der Waals surface area contributed by atoms with Gasteiger partial charge in [-0.25, -0.2) is 13.6 Å². The number of fused-ring (bicyclic) bond motifs is 1. The van der Waals surface area contributed by atoms with Crippen LogP contribution in [-0.4, -0.2) is 28.8 Å². The third-order valence-corrected chi connectivity index (χ3v) is 5.32. The molecule has 0 unspecified atom stereocenters. The highest BCUT2D eigenvalue weighted by molar-refractivity contribution is 6.22. The van der Waals surface area contributed by atoms with E-state index in [9.17, 15) is 23.2 Å². The Kier molecular flexibility index (Phi) is 5.00. The predicted molar refractivity (Wildman–Crippen MR) is 103 cm³/mol. The fourth-order valence-electron chi connectivity index (χ4n) is 3.90. The predicted octanol–water partition coefficient (Wildman–Crippen LogP) is 4.54. The quantitative estimate of drug-likeness (QED) is 0.744. The van der Waals surface area contributed by atoms with Gasteiger partial charge in [-0.15, -0.1) is 0 Å². The molecule has 0 atom stereocenters. The molecule has 29 heavy (non-hydrogen) atoms. The Balaban J connectivity index is 1.51. The summed E-state index contributed by atoms with van der Waals surface area (Å²) in [5.41, 5.74) is 0.188. The summed E-state index contributed by atoms with van der Waals surface area (Å²) >= 11 is 0. The first-order valence-electron chi connectivity index (χ1n) is 9.49. The number of hydrogen-bond acceptors (Lipinski definition) is 3. The number of rotatable bonds is 3. The highest BCUT2D eigenvalue weighted by Crippen LogP contribution is 2.32. The molecule has 2 N–H and O–H groups in total. The van der Waals surface area contributed by atoms with Crippen molar-refractivity contribution in [2.75, 3.05) is 10.6 Å². The van der Waals surface area contributed by atoms with Crippen LogP contribution in [0, 0.1) is 11.6 Å². The van der Waals surface area contributed by atoms with Crippen LogP contribution in [0.25, 0.3) is 0 Å². The molecule has 150 valence electrons. The second kappa shape index (κ2) is 7.62. The Morgan fingerprint density at radius 3 is 2.24 bits per heavy atom. The van der Waals surface area contributed by atoms with E-state index in [-0.39, 0.29) is 29.1 Å². The molecule has 1 aliphatic carbocycles. The average molecular weight is 399 g/mol. The second-order valence-corrected chi connectivity index (χ2v) is 7.21. The van der Waals surface area contributed by atoms with Crippen LogP contribution in [0.15, 0.2) is 36.4 Å². The number of benzene rings is 2. The highest BCUT2D eigenvalue weighted by atomic mass is 19.1. The van der Waals surface area contributed by atoms with Gasteiger partial charge < -0.3 is 10.6 Å². The zero-order chi connectivity index (χ0) is 20.5. The van der Waals surface area contributed by atoms with Crippen molar-refractivity contribution in [2.45, 2.75) is 38.1 Å². The molecule has 6 nitrogen and oxygen atoms in total. The number of halogens is 2. The minimum absolute atomic E-state index is 0.0973. The van der Waals surface area contributed by atoms with Gasteiger partial charge in [0.05, 0.1) is 11.1 Å². The molecule has 4 amide bonds. The molecule has 8 heteroatoms. The highest BCUT2D eigenvalue weighted by Gasteiger charge is 2.40. The summed E-state index contributed by atoms with van der Waals surface area (Å²) in [7, 11) is 0. The summed E-state index contributed by atoms with van der Waals surface area (Å²) in [5, 5.41) is 4.55. The fourth-order valence-corrected chi connectivity index (χ4v) is 3.90. The average Bonchev–Trinajstić information content (AvgIpc) is 2.95. The van der Waals surface area contributed by atoms with Gasteiger partial charge in [-0.1, -0.05) is 25.3 Å². The van der Waals surface area contributed by atoms with Crippen molar-refractivity contribution < 1.29 is 23.2 Å². The van der Waals surface area contributed by atoms with Gasteiger partial charge in [-0.05, 0) is 43.2 Å². The maximum absolute atomic E-state index is 13.7. The van der Waals surface area contributed by atoms with Crippen LogP contribution in [0.2, 0.25) is 0 Å².